The van der Waals surface area contributed by atoms with Crippen molar-refractivity contribution in [2.24, 2.45) is 0 Å². The van der Waals surface area contributed by atoms with Crippen LogP contribution < -0.4 is 4.90 Å². The largest absolute Gasteiger partial charge is 0.387 e. The number of aliphatic hydroxyl groups is 1. The van der Waals surface area contributed by atoms with Crippen molar-refractivity contribution in [3.05, 3.63) is 11.1 Å². The van der Waals surface area contributed by atoms with E-state index in [-0.39, 0.29) is 0 Å². The van der Waals surface area contributed by atoms with Crippen molar-refractivity contribution in [1.29, 1.82) is 0 Å². The van der Waals surface area contributed by atoms with Gasteiger partial charge in [-0.05, 0) is 33.9 Å². The lowest BCUT2D eigenvalue weighted by Crippen LogP contribution is -2.41. The highest BCUT2D eigenvalue weighted by Crippen LogP contribution is 2.27. The summed E-state index contributed by atoms with van der Waals surface area (Å²) >= 11 is 1.64. The molecule has 1 aromatic rings. The molecular weight excluding hydrogens is 234 g/mol. The van der Waals surface area contributed by atoms with Crippen LogP contribution in [0.1, 0.15) is 31.6 Å². The first kappa shape index (κ1) is 12.8. The van der Waals surface area contributed by atoms with Gasteiger partial charge in [-0.15, -0.1) is 11.3 Å². The summed E-state index contributed by atoms with van der Waals surface area (Å²) in [5.41, 5.74) is 0.791. The van der Waals surface area contributed by atoms with Gasteiger partial charge >= 0.3 is 0 Å². The Morgan fingerprint density at radius 3 is 2.59 bits per heavy atom. The van der Waals surface area contributed by atoms with Crippen molar-refractivity contribution in [2.75, 3.05) is 32.1 Å². The SMILES string of the molecule is CC(O)c1csc(N2CCC(N(C)C)CC2)n1. The Hall–Kier alpha value is -0.650. The average molecular weight is 255 g/mol. The predicted molar refractivity (Wildman–Crippen MR) is 71.7 cm³/mol. The molecule has 1 aliphatic heterocycles. The maximum Gasteiger partial charge on any atom is 0.185 e. The number of anilines is 1. The van der Waals surface area contributed by atoms with E-state index in [2.05, 4.69) is 28.9 Å². The highest BCUT2D eigenvalue weighted by Gasteiger charge is 2.22. The van der Waals surface area contributed by atoms with E-state index in [1.165, 1.54) is 12.8 Å². The van der Waals surface area contributed by atoms with Crippen LogP contribution in [-0.2, 0) is 0 Å². The third-order valence-corrected chi connectivity index (χ3v) is 4.32. The van der Waals surface area contributed by atoms with Crippen molar-refractivity contribution >= 4 is 16.5 Å². The molecular formula is C12H21N3OS. The summed E-state index contributed by atoms with van der Waals surface area (Å²) in [5, 5.41) is 12.5. The zero-order valence-corrected chi connectivity index (χ0v) is 11.6. The van der Waals surface area contributed by atoms with Crippen LogP contribution in [0.2, 0.25) is 0 Å². The van der Waals surface area contributed by atoms with Crippen molar-refractivity contribution in [1.82, 2.24) is 9.88 Å². The molecule has 0 spiro atoms. The van der Waals surface area contributed by atoms with Crippen LogP contribution in [-0.4, -0.2) is 48.2 Å². The third kappa shape index (κ3) is 2.97. The summed E-state index contributed by atoms with van der Waals surface area (Å²) in [7, 11) is 4.30. The van der Waals surface area contributed by atoms with Crippen molar-refractivity contribution in [2.45, 2.75) is 31.9 Å². The minimum Gasteiger partial charge on any atom is -0.387 e. The number of thiazole rings is 1. The lowest BCUT2D eigenvalue weighted by Gasteiger charge is -2.35. The fourth-order valence-corrected chi connectivity index (χ4v) is 3.15. The second-order valence-corrected chi connectivity index (χ2v) is 5.75. The summed E-state index contributed by atoms with van der Waals surface area (Å²) < 4.78 is 0. The highest BCUT2D eigenvalue weighted by atomic mass is 32.1. The second-order valence-electron chi connectivity index (χ2n) is 4.91. The molecule has 2 rings (SSSR count). The van der Waals surface area contributed by atoms with Crippen LogP contribution >= 0.6 is 11.3 Å². The van der Waals surface area contributed by atoms with Gasteiger partial charge in [-0.3, -0.25) is 0 Å². The Morgan fingerprint density at radius 1 is 1.47 bits per heavy atom. The van der Waals surface area contributed by atoms with Gasteiger partial charge in [-0.1, -0.05) is 0 Å². The van der Waals surface area contributed by atoms with Crippen LogP contribution in [0.25, 0.3) is 0 Å². The van der Waals surface area contributed by atoms with E-state index in [0.29, 0.717) is 6.04 Å². The highest BCUT2D eigenvalue weighted by molar-refractivity contribution is 7.13. The van der Waals surface area contributed by atoms with E-state index in [9.17, 15) is 5.11 Å². The van der Waals surface area contributed by atoms with Gasteiger partial charge in [0.2, 0.25) is 0 Å². The smallest absolute Gasteiger partial charge is 0.185 e. The number of nitrogens with zero attached hydrogens (tertiary/aromatic N) is 3. The molecule has 5 heteroatoms. The Kier molecular flexibility index (Phi) is 4.01. The van der Waals surface area contributed by atoms with Crippen LogP contribution in [0.15, 0.2) is 5.38 Å². The summed E-state index contributed by atoms with van der Waals surface area (Å²) in [4.78, 5) is 9.12. The molecule has 1 fully saturated rings. The molecule has 0 saturated carbocycles. The zero-order chi connectivity index (χ0) is 12.4. The second kappa shape index (κ2) is 5.33. The van der Waals surface area contributed by atoms with E-state index < -0.39 is 6.10 Å². The fourth-order valence-electron chi connectivity index (χ4n) is 2.19. The van der Waals surface area contributed by atoms with Gasteiger partial charge in [-0.25, -0.2) is 4.98 Å². The number of hydrogen-bond acceptors (Lipinski definition) is 5. The molecule has 0 radical (unpaired) electrons. The van der Waals surface area contributed by atoms with Crippen LogP contribution in [0.3, 0.4) is 0 Å². The molecule has 1 atom stereocenters. The van der Waals surface area contributed by atoms with Crippen LogP contribution in [0.5, 0.6) is 0 Å². The topological polar surface area (TPSA) is 39.6 Å². The molecule has 17 heavy (non-hydrogen) atoms. The van der Waals surface area contributed by atoms with Gasteiger partial charge in [-0.2, -0.15) is 0 Å². The van der Waals surface area contributed by atoms with Gasteiger partial charge in [0, 0.05) is 24.5 Å². The fraction of sp³-hybridized carbons (Fsp3) is 0.750. The Bertz CT molecular complexity index is 356. The Morgan fingerprint density at radius 2 is 2.12 bits per heavy atom. The number of piperidine rings is 1. The monoisotopic (exact) mass is 255 g/mol. The molecule has 2 heterocycles. The van der Waals surface area contributed by atoms with Crippen molar-refractivity contribution < 1.29 is 5.11 Å². The first-order valence-electron chi connectivity index (χ1n) is 6.13. The van der Waals surface area contributed by atoms with Gasteiger partial charge in [0.05, 0.1) is 11.8 Å². The molecule has 1 unspecified atom stereocenters. The molecule has 1 aliphatic rings. The predicted octanol–water partition coefficient (Wildman–Crippen LogP) is 1.73. The van der Waals surface area contributed by atoms with Gasteiger partial charge in [0.15, 0.2) is 5.13 Å². The molecule has 1 aromatic heterocycles. The Balaban J connectivity index is 1.96. The molecule has 0 aromatic carbocycles. The molecule has 4 nitrogen and oxygen atoms in total. The van der Waals surface area contributed by atoms with E-state index in [1.54, 1.807) is 18.3 Å². The van der Waals surface area contributed by atoms with E-state index >= 15 is 0 Å². The summed E-state index contributed by atoms with van der Waals surface area (Å²) in [6.07, 6.45) is 1.92. The standard InChI is InChI=1S/C12H21N3OS/c1-9(16)11-8-17-12(13-11)15-6-4-10(5-7-15)14(2)3/h8-10,16H,4-7H2,1-3H3. The Labute approximate surface area is 107 Å². The summed E-state index contributed by atoms with van der Waals surface area (Å²) in [6.45, 7) is 3.89. The van der Waals surface area contributed by atoms with Gasteiger partial charge < -0.3 is 14.9 Å². The molecule has 96 valence electrons. The van der Waals surface area contributed by atoms with E-state index in [4.69, 9.17) is 0 Å². The maximum atomic E-state index is 9.47. The molecule has 1 saturated heterocycles. The zero-order valence-electron chi connectivity index (χ0n) is 10.8. The lowest BCUT2D eigenvalue weighted by atomic mass is 10.0. The maximum absolute atomic E-state index is 9.47. The van der Waals surface area contributed by atoms with Crippen molar-refractivity contribution in [3.63, 3.8) is 0 Å². The first-order chi connectivity index (χ1) is 8.08. The molecule has 0 amide bonds. The van der Waals surface area contributed by atoms with E-state index in [0.717, 1.165) is 23.9 Å². The first-order valence-corrected chi connectivity index (χ1v) is 7.00. The minimum atomic E-state index is -0.459. The number of hydrogen-bond donors (Lipinski definition) is 1. The average Bonchev–Trinajstić information content (AvgIpc) is 2.78. The van der Waals surface area contributed by atoms with Crippen LogP contribution in [0.4, 0.5) is 5.13 Å². The lowest BCUT2D eigenvalue weighted by molar-refractivity contribution is 0.195. The minimum absolute atomic E-state index is 0.459. The molecule has 0 bridgehead atoms. The summed E-state index contributed by atoms with van der Waals surface area (Å²) in [6, 6.07) is 0.697. The van der Waals surface area contributed by atoms with E-state index in [1.807, 2.05) is 5.38 Å². The van der Waals surface area contributed by atoms with Gasteiger partial charge in [0.25, 0.3) is 0 Å². The third-order valence-electron chi connectivity index (χ3n) is 3.40. The summed E-state index contributed by atoms with van der Waals surface area (Å²) in [5.74, 6) is 0. The molecule has 1 N–H and O–H groups in total. The van der Waals surface area contributed by atoms with Gasteiger partial charge in [0.1, 0.15) is 0 Å². The quantitative estimate of drug-likeness (QED) is 0.893. The number of rotatable bonds is 3. The number of aliphatic hydroxyl groups excluding tert-OH is 1. The van der Waals surface area contributed by atoms with Crippen molar-refractivity contribution in [3.8, 4) is 0 Å². The van der Waals surface area contributed by atoms with Crippen LogP contribution in [0, 0.1) is 0 Å². The normalized spacial score (nSPS) is 19.9. The molecule has 0 aliphatic carbocycles. The number of aromatic nitrogens is 1.